The van der Waals surface area contributed by atoms with Gasteiger partial charge in [0.2, 0.25) is 10.0 Å². The normalized spacial score (nSPS) is 17.6. The lowest BCUT2D eigenvalue weighted by atomic mass is 10.1. The Kier molecular flexibility index (Phi) is 4.74. The van der Waals surface area contributed by atoms with Crippen LogP contribution in [0, 0.1) is 0 Å². The Balaban J connectivity index is 2.08. The van der Waals surface area contributed by atoms with Crippen molar-refractivity contribution in [3.8, 4) is 0 Å². The third-order valence-corrected chi connectivity index (χ3v) is 5.09. The van der Waals surface area contributed by atoms with E-state index in [9.17, 15) is 13.2 Å². The molecule has 0 aliphatic carbocycles. The van der Waals surface area contributed by atoms with Gasteiger partial charge in [0.1, 0.15) is 0 Å². The molecule has 1 aliphatic heterocycles. The summed E-state index contributed by atoms with van der Waals surface area (Å²) in [6.45, 7) is 2.51. The Hall–Kier alpha value is -1.44. The van der Waals surface area contributed by atoms with E-state index in [1.54, 1.807) is 12.1 Å². The molecular weight excluding hydrogens is 280 g/mol. The van der Waals surface area contributed by atoms with Crippen LogP contribution in [0.3, 0.4) is 0 Å². The number of aromatic carboxylic acids is 1. The van der Waals surface area contributed by atoms with Gasteiger partial charge in [-0.25, -0.2) is 17.5 Å². The second kappa shape index (κ2) is 6.34. The molecule has 0 amide bonds. The standard InChI is InChI=1S/C13H18N2O4S/c16-13(17)12-4-2-11(3-5-12)10-20(18,19)15-8-1-6-14-7-9-15/h2-5,14H,1,6-10H2,(H,16,17). The maximum atomic E-state index is 12.3. The van der Waals surface area contributed by atoms with E-state index < -0.39 is 16.0 Å². The molecule has 2 rings (SSSR count). The van der Waals surface area contributed by atoms with Crippen molar-refractivity contribution in [2.45, 2.75) is 12.2 Å². The number of hydrogen-bond donors (Lipinski definition) is 2. The fourth-order valence-electron chi connectivity index (χ4n) is 2.14. The minimum absolute atomic E-state index is 0.0904. The molecule has 0 bridgehead atoms. The highest BCUT2D eigenvalue weighted by molar-refractivity contribution is 7.88. The lowest BCUT2D eigenvalue weighted by Gasteiger charge is -2.19. The summed E-state index contributed by atoms with van der Waals surface area (Å²) in [5, 5.41) is 12.0. The molecule has 110 valence electrons. The number of benzene rings is 1. The minimum Gasteiger partial charge on any atom is -0.478 e. The number of hydrogen-bond acceptors (Lipinski definition) is 4. The molecule has 7 heteroatoms. The van der Waals surface area contributed by atoms with E-state index in [1.807, 2.05) is 0 Å². The van der Waals surface area contributed by atoms with Gasteiger partial charge in [-0.1, -0.05) is 12.1 Å². The molecule has 0 atom stereocenters. The fourth-order valence-corrected chi connectivity index (χ4v) is 3.72. The topological polar surface area (TPSA) is 86.7 Å². The van der Waals surface area contributed by atoms with Gasteiger partial charge < -0.3 is 10.4 Å². The molecule has 0 spiro atoms. The number of carboxylic acids is 1. The molecule has 1 saturated heterocycles. The van der Waals surface area contributed by atoms with E-state index in [4.69, 9.17) is 5.11 Å². The van der Waals surface area contributed by atoms with Crippen LogP contribution in [-0.2, 0) is 15.8 Å². The molecule has 1 fully saturated rings. The van der Waals surface area contributed by atoms with Gasteiger partial charge in [0, 0.05) is 19.6 Å². The second-order valence-corrected chi connectivity index (χ2v) is 6.73. The summed E-state index contributed by atoms with van der Waals surface area (Å²) in [7, 11) is -3.35. The zero-order chi connectivity index (χ0) is 14.6. The van der Waals surface area contributed by atoms with E-state index in [0.29, 0.717) is 25.2 Å². The van der Waals surface area contributed by atoms with Gasteiger partial charge in [0.25, 0.3) is 0 Å². The van der Waals surface area contributed by atoms with Crippen LogP contribution in [0.4, 0.5) is 0 Å². The van der Waals surface area contributed by atoms with Crippen molar-refractivity contribution in [2.24, 2.45) is 0 Å². The first kappa shape index (κ1) is 15.0. The molecule has 6 nitrogen and oxygen atoms in total. The van der Waals surface area contributed by atoms with E-state index in [1.165, 1.54) is 16.4 Å². The van der Waals surface area contributed by atoms with Crippen molar-refractivity contribution in [3.63, 3.8) is 0 Å². The fraction of sp³-hybridized carbons (Fsp3) is 0.462. The highest BCUT2D eigenvalue weighted by Crippen LogP contribution is 2.13. The van der Waals surface area contributed by atoms with E-state index >= 15 is 0 Å². The molecule has 0 unspecified atom stereocenters. The van der Waals surface area contributed by atoms with Crippen molar-refractivity contribution in [3.05, 3.63) is 35.4 Å². The number of sulfonamides is 1. The van der Waals surface area contributed by atoms with Gasteiger partial charge in [0.05, 0.1) is 11.3 Å². The number of carboxylic acid groups (broad SMARTS) is 1. The molecule has 1 heterocycles. The predicted octanol–water partition coefficient (Wildman–Crippen LogP) is 0.510. The molecule has 0 saturated carbocycles. The SMILES string of the molecule is O=C(O)c1ccc(CS(=O)(=O)N2CCCNCC2)cc1. The zero-order valence-corrected chi connectivity index (χ0v) is 11.9. The lowest BCUT2D eigenvalue weighted by Crippen LogP contribution is -2.35. The van der Waals surface area contributed by atoms with E-state index in [0.717, 1.165) is 13.0 Å². The van der Waals surface area contributed by atoms with Crippen LogP contribution in [0.2, 0.25) is 0 Å². The summed E-state index contributed by atoms with van der Waals surface area (Å²) in [5.74, 6) is -1.11. The minimum atomic E-state index is -3.35. The Morgan fingerprint density at radius 3 is 2.55 bits per heavy atom. The molecule has 1 aromatic carbocycles. The van der Waals surface area contributed by atoms with Gasteiger partial charge in [-0.2, -0.15) is 0 Å². The van der Waals surface area contributed by atoms with Gasteiger partial charge in [0.15, 0.2) is 0 Å². The summed E-state index contributed by atoms with van der Waals surface area (Å²) in [4.78, 5) is 10.7. The largest absolute Gasteiger partial charge is 0.478 e. The summed E-state index contributed by atoms with van der Waals surface area (Å²) in [5.41, 5.74) is 0.761. The monoisotopic (exact) mass is 298 g/mol. The molecule has 0 radical (unpaired) electrons. The summed E-state index contributed by atoms with van der Waals surface area (Å²) in [6, 6.07) is 5.96. The van der Waals surface area contributed by atoms with Gasteiger partial charge in [-0.05, 0) is 30.7 Å². The van der Waals surface area contributed by atoms with Gasteiger partial charge in [-0.15, -0.1) is 0 Å². The summed E-state index contributed by atoms with van der Waals surface area (Å²) >= 11 is 0. The van der Waals surface area contributed by atoms with Crippen molar-refractivity contribution < 1.29 is 18.3 Å². The average molecular weight is 298 g/mol. The van der Waals surface area contributed by atoms with E-state index in [-0.39, 0.29) is 11.3 Å². The van der Waals surface area contributed by atoms with Crippen LogP contribution in [-0.4, -0.2) is 50.0 Å². The zero-order valence-electron chi connectivity index (χ0n) is 11.1. The van der Waals surface area contributed by atoms with Crippen molar-refractivity contribution >= 4 is 16.0 Å². The maximum absolute atomic E-state index is 12.3. The first-order valence-electron chi connectivity index (χ1n) is 6.50. The first-order valence-corrected chi connectivity index (χ1v) is 8.11. The highest BCUT2D eigenvalue weighted by atomic mass is 32.2. The van der Waals surface area contributed by atoms with Gasteiger partial charge >= 0.3 is 5.97 Å². The Morgan fingerprint density at radius 1 is 1.20 bits per heavy atom. The van der Waals surface area contributed by atoms with Crippen LogP contribution < -0.4 is 5.32 Å². The van der Waals surface area contributed by atoms with Crippen molar-refractivity contribution in [1.82, 2.24) is 9.62 Å². The van der Waals surface area contributed by atoms with Crippen LogP contribution in [0.25, 0.3) is 0 Å². The second-order valence-electron chi connectivity index (χ2n) is 4.76. The molecule has 1 aromatic rings. The van der Waals surface area contributed by atoms with Crippen LogP contribution in [0.15, 0.2) is 24.3 Å². The molecule has 20 heavy (non-hydrogen) atoms. The smallest absolute Gasteiger partial charge is 0.335 e. The highest BCUT2D eigenvalue weighted by Gasteiger charge is 2.23. The van der Waals surface area contributed by atoms with Gasteiger partial charge in [-0.3, -0.25) is 0 Å². The van der Waals surface area contributed by atoms with Crippen LogP contribution >= 0.6 is 0 Å². The molecule has 2 N–H and O–H groups in total. The Labute approximate surface area is 118 Å². The number of carbonyl (C=O) groups is 1. The predicted molar refractivity (Wildman–Crippen MR) is 75.1 cm³/mol. The third-order valence-electron chi connectivity index (χ3n) is 3.24. The van der Waals surface area contributed by atoms with Crippen molar-refractivity contribution in [1.29, 1.82) is 0 Å². The molecule has 1 aliphatic rings. The first-order chi connectivity index (χ1) is 9.49. The quantitative estimate of drug-likeness (QED) is 0.846. The number of nitrogens with one attached hydrogen (secondary N) is 1. The average Bonchev–Trinajstić information content (AvgIpc) is 2.68. The molecule has 0 aromatic heterocycles. The van der Waals surface area contributed by atoms with Crippen LogP contribution in [0.5, 0.6) is 0 Å². The maximum Gasteiger partial charge on any atom is 0.335 e. The Bertz CT molecular complexity index is 561. The third kappa shape index (κ3) is 3.78. The van der Waals surface area contributed by atoms with Crippen molar-refractivity contribution in [2.75, 3.05) is 26.2 Å². The number of rotatable bonds is 4. The summed E-state index contributed by atoms with van der Waals surface area (Å²) < 4.78 is 26.1. The van der Waals surface area contributed by atoms with Crippen LogP contribution in [0.1, 0.15) is 22.3 Å². The lowest BCUT2D eigenvalue weighted by molar-refractivity contribution is 0.0697. The summed E-state index contributed by atoms with van der Waals surface area (Å²) in [6.07, 6.45) is 0.803. The Morgan fingerprint density at radius 2 is 1.90 bits per heavy atom. The van der Waals surface area contributed by atoms with E-state index in [2.05, 4.69) is 5.32 Å². The number of nitrogens with zero attached hydrogens (tertiary/aromatic N) is 1. The molecular formula is C13H18N2O4S.